The number of fused-ring (bicyclic) bond motifs is 1. The van der Waals surface area contributed by atoms with Crippen molar-refractivity contribution in [1.82, 2.24) is 15.1 Å². The first kappa shape index (κ1) is 31.4. The molecule has 3 aliphatic heterocycles. The topological polar surface area (TPSA) is 125 Å². The molecule has 0 aliphatic carbocycles. The molecule has 3 aliphatic rings. The molecule has 42 heavy (non-hydrogen) atoms. The molecule has 2 N–H and O–H groups in total. The van der Waals surface area contributed by atoms with Gasteiger partial charge in [0.05, 0.1) is 37.1 Å². The van der Waals surface area contributed by atoms with Crippen molar-refractivity contribution in [2.75, 3.05) is 19.7 Å². The van der Waals surface area contributed by atoms with E-state index in [4.69, 9.17) is 9.47 Å². The van der Waals surface area contributed by atoms with E-state index in [0.29, 0.717) is 38.6 Å². The molecule has 1 aromatic rings. The Bertz CT molecular complexity index is 1170. The van der Waals surface area contributed by atoms with Crippen LogP contribution >= 0.6 is 0 Å². The number of nitrogens with one attached hydrogen (secondary N) is 1. The third-order valence-corrected chi connectivity index (χ3v) is 8.68. The van der Waals surface area contributed by atoms with Crippen molar-refractivity contribution in [3.8, 4) is 0 Å². The first-order valence-corrected chi connectivity index (χ1v) is 14.8. The third-order valence-electron chi connectivity index (χ3n) is 8.68. The molecule has 0 unspecified atom stereocenters. The van der Waals surface area contributed by atoms with E-state index < -0.39 is 47.7 Å². The number of nitrogens with zero attached hydrogens (tertiary/aromatic N) is 2. The summed E-state index contributed by atoms with van der Waals surface area (Å²) < 4.78 is 12.2. The zero-order chi connectivity index (χ0) is 30.4. The number of ether oxygens (including phenoxy) is 2. The quantitative estimate of drug-likeness (QED) is 0.241. The standard InChI is InChI=1S/C32H43N3O7/c1-5-8-14-25(37)33-18-21(4)41-31(40)26-24-15-16-32(42-24)27(26)29(38)35(23(7-3)20-36)28(32)30(39)34(17-6-2)19-22-12-10-9-11-13-22/h5-6,9-13,21,23-24,26-28,36H,1-2,7-8,14-20H2,3-4H3,(H,33,37)/t21-,23+,24+,26-,27-,28+,32-/m1/s1. The van der Waals surface area contributed by atoms with Crippen molar-refractivity contribution in [3.63, 3.8) is 0 Å². The normalized spacial score (nSPS) is 27.2. The minimum Gasteiger partial charge on any atom is -0.460 e. The molecule has 1 spiro atoms. The lowest BCUT2D eigenvalue weighted by molar-refractivity contribution is -0.160. The van der Waals surface area contributed by atoms with Gasteiger partial charge in [0.15, 0.2) is 0 Å². The van der Waals surface area contributed by atoms with Crippen LogP contribution in [0.15, 0.2) is 55.6 Å². The smallest absolute Gasteiger partial charge is 0.312 e. The fourth-order valence-electron chi connectivity index (χ4n) is 6.71. The monoisotopic (exact) mass is 581 g/mol. The second-order valence-electron chi connectivity index (χ2n) is 11.4. The van der Waals surface area contributed by atoms with Gasteiger partial charge in [0.25, 0.3) is 0 Å². The van der Waals surface area contributed by atoms with Gasteiger partial charge in [0, 0.05) is 19.5 Å². The Balaban J connectivity index is 1.60. The fourth-order valence-corrected chi connectivity index (χ4v) is 6.71. The van der Waals surface area contributed by atoms with Gasteiger partial charge in [-0.3, -0.25) is 19.2 Å². The number of carbonyl (C=O) groups excluding carboxylic acids is 4. The lowest BCUT2D eigenvalue weighted by atomic mass is 9.70. The Kier molecular flexibility index (Phi) is 10.2. The van der Waals surface area contributed by atoms with Crippen LogP contribution in [0.25, 0.3) is 0 Å². The highest BCUT2D eigenvalue weighted by Crippen LogP contribution is 2.59. The van der Waals surface area contributed by atoms with Gasteiger partial charge in [0.2, 0.25) is 17.7 Å². The van der Waals surface area contributed by atoms with E-state index in [1.807, 2.05) is 37.3 Å². The number of hydrogen-bond acceptors (Lipinski definition) is 7. The predicted molar refractivity (Wildman–Crippen MR) is 156 cm³/mol. The number of benzene rings is 1. The van der Waals surface area contributed by atoms with Crippen LogP contribution in [0.2, 0.25) is 0 Å². The molecule has 3 saturated heterocycles. The highest BCUT2D eigenvalue weighted by molar-refractivity contribution is 5.98. The first-order valence-electron chi connectivity index (χ1n) is 14.8. The van der Waals surface area contributed by atoms with Crippen LogP contribution in [-0.4, -0.2) is 88.2 Å². The summed E-state index contributed by atoms with van der Waals surface area (Å²) in [6.45, 7) is 11.3. The zero-order valence-electron chi connectivity index (χ0n) is 24.6. The van der Waals surface area contributed by atoms with E-state index in [9.17, 15) is 24.3 Å². The van der Waals surface area contributed by atoms with Crippen LogP contribution in [0.5, 0.6) is 0 Å². The molecule has 4 rings (SSSR count). The van der Waals surface area contributed by atoms with Crippen molar-refractivity contribution in [3.05, 3.63) is 61.2 Å². The van der Waals surface area contributed by atoms with E-state index in [1.165, 1.54) is 4.90 Å². The minimum atomic E-state index is -1.21. The van der Waals surface area contributed by atoms with Gasteiger partial charge in [-0.2, -0.15) is 0 Å². The molecule has 1 aromatic carbocycles. The average molecular weight is 582 g/mol. The number of likely N-dealkylation sites (tertiary alicyclic amines) is 1. The number of hydrogen-bond donors (Lipinski definition) is 2. The van der Waals surface area contributed by atoms with Crippen LogP contribution in [0.3, 0.4) is 0 Å². The maximum absolute atomic E-state index is 14.4. The predicted octanol–water partition coefficient (Wildman–Crippen LogP) is 2.36. The van der Waals surface area contributed by atoms with Gasteiger partial charge in [-0.1, -0.05) is 49.4 Å². The Morgan fingerprint density at radius 1 is 1.26 bits per heavy atom. The van der Waals surface area contributed by atoms with Crippen LogP contribution in [-0.2, 0) is 35.2 Å². The number of rotatable bonds is 15. The number of aliphatic hydroxyl groups excluding tert-OH is 1. The summed E-state index contributed by atoms with van der Waals surface area (Å²) in [5.41, 5.74) is -0.279. The molecule has 2 bridgehead atoms. The second-order valence-corrected chi connectivity index (χ2v) is 11.4. The summed E-state index contributed by atoms with van der Waals surface area (Å²) in [5.74, 6) is -3.21. The molecule has 7 atom stereocenters. The first-order chi connectivity index (χ1) is 20.2. The van der Waals surface area contributed by atoms with E-state index in [1.54, 1.807) is 24.0 Å². The van der Waals surface area contributed by atoms with Crippen molar-refractivity contribution in [1.29, 1.82) is 0 Å². The van der Waals surface area contributed by atoms with Gasteiger partial charge < -0.3 is 29.7 Å². The van der Waals surface area contributed by atoms with Crippen LogP contribution in [0.1, 0.15) is 51.5 Å². The molecular weight excluding hydrogens is 538 g/mol. The summed E-state index contributed by atoms with van der Waals surface area (Å²) in [7, 11) is 0. The Hall–Kier alpha value is -3.50. The molecule has 10 heteroatoms. The highest BCUT2D eigenvalue weighted by atomic mass is 16.6. The number of amides is 3. The van der Waals surface area contributed by atoms with Gasteiger partial charge in [-0.05, 0) is 38.2 Å². The van der Waals surface area contributed by atoms with Crippen LogP contribution in [0.4, 0.5) is 0 Å². The molecule has 0 aromatic heterocycles. The van der Waals surface area contributed by atoms with Gasteiger partial charge in [0.1, 0.15) is 17.7 Å². The van der Waals surface area contributed by atoms with E-state index in [-0.39, 0.29) is 37.4 Å². The number of allylic oxidation sites excluding steroid dienone is 1. The summed E-state index contributed by atoms with van der Waals surface area (Å²) in [4.78, 5) is 57.2. The molecule has 0 saturated carbocycles. The SMILES string of the molecule is C=CCCC(=O)NC[C@@H](C)OC(=O)[C@@H]1[C@@H]2CC[C@]3(O2)[C@H](C(=O)N(CC=C)Cc2ccccc2)N([C@@H](CC)CO)C(=O)[C@@H]13. The lowest BCUT2D eigenvalue weighted by Gasteiger charge is -2.39. The average Bonchev–Trinajstić information content (AvgIpc) is 3.63. The summed E-state index contributed by atoms with van der Waals surface area (Å²) in [6.07, 6.45) is 4.33. The highest BCUT2D eigenvalue weighted by Gasteiger charge is 2.75. The maximum atomic E-state index is 14.4. The van der Waals surface area contributed by atoms with Crippen LogP contribution < -0.4 is 5.32 Å². The zero-order valence-corrected chi connectivity index (χ0v) is 24.6. The summed E-state index contributed by atoms with van der Waals surface area (Å²) in [5, 5.41) is 13.0. The minimum absolute atomic E-state index is 0.134. The van der Waals surface area contributed by atoms with Crippen molar-refractivity contribution < 1.29 is 33.8 Å². The fraction of sp³-hybridized carbons (Fsp3) is 0.562. The summed E-state index contributed by atoms with van der Waals surface area (Å²) in [6, 6.07) is 7.94. The Morgan fingerprint density at radius 3 is 2.64 bits per heavy atom. The molecule has 3 heterocycles. The molecule has 3 fully saturated rings. The number of carbonyl (C=O) groups is 4. The number of esters is 1. The molecule has 228 valence electrons. The summed E-state index contributed by atoms with van der Waals surface area (Å²) >= 11 is 0. The van der Waals surface area contributed by atoms with Gasteiger partial charge in [-0.15, -0.1) is 13.2 Å². The second kappa shape index (κ2) is 13.6. The molecule has 3 amide bonds. The molecular formula is C32H43N3O7. The largest absolute Gasteiger partial charge is 0.460 e. The maximum Gasteiger partial charge on any atom is 0.312 e. The van der Waals surface area contributed by atoms with Crippen molar-refractivity contribution in [2.24, 2.45) is 11.8 Å². The van der Waals surface area contributed by atoms with Crippen molar-refractivity contribution in [2.45, 2.75) is 82.4 Å². The Labute approximate surface area is 247 Å². The Morgan fingerprint density at radius 2 is 2.00 bits per heavy atom. The van der Waals surface area contributed by atoms with Crippen LogP contribution in [0, 0.1) is 11.8 Å². The number of aliphatic hydroxyl groups is 1. The third kappa shape index (κ3) is 6.01. The van der Waals surface area contributed by atoms with E-state index in [0.717, 1.165) is 5.56 Å². The van der Waals surface area contributed by atoms with Gasteiger partial charge >= 0.3 is 5.97 Å². The van der Waals surface area contributed by atoms with E-state index >= 15 is 0 Å². The van der Waals surface area contributed by atoms with E-state index in [2.05, 4.69) is 18.5 Å². The molecule has 10 nitrogen and oxygen atoms in total. The van der Waals surface area contributed by atoms with Crippen molar-refractivity contribution >= 4 is 23.7 Å². The van der Waals surface area contributed by atoms with Gasteiger partial charge in [-0.25, -0.2) is 0 Å². The lowest BCUT2D eigenvalue weighted by Crippen LogP contribution is -2.58. The molecule has 0 radical (unpaired) electrons.